The Morgan fingerprint density at radius 1 is 1.47 bits per heavy atom. The molecule has 2 rings (SSSR count). The van der Waals surface area contributed by atoms with Crippen molar-refractivity contribution in [2.45, 2.75) is 24.8 Å². The maximum atomic E-state index is 10.7. The molecule has 0 aliphatic heterocycles. The summed E-state index contributed by atoms with van der Waals surface area (Å²) in [5.74, 6) is 1.25. The first-order valence-electron chi connectivity index (χ1n) is 5.57. The van der Waals surface area contributed by atoms with E-state index in [1.165, 1.54) is 23.9 Å². The number of thioether (sulfide) groups is 1. The summed E-state index contributed by atoms with van der Waals surface area (Å²) in [6, 6.07) is 4.41. The van der Waals surface area contributed by atoms with Gasteiger partial charge < -0.3 is 10.2 Å². The van der Waals surface area contributed by atoms with Crippen LogP contribution >= 0.6 is 11.8 Å². The van der Waals surface area contributed by atoms with Crippen molar-refractivity contribution in [3.63, 3.8) is 0 Å². The minimum atomic E-state index is -0.437. The van der Waals surface area contributed by atoms with Crippen molar-refractivity contribution < 1.29 is 9.34 Å². The zero-order valence-electron chi connectivity index (χ0n) is 10.5. The predicted molar refractivity (Wildman–Crippen MR) is 73.0 cm³/mol. The molecule has 0 unspecified atom stereocenters. The Morgan fingerprint density at radius 2 is 2.21 bits per heavy atom. The Hall–Kier alpha value is -2.02. The van der Waals surface area contributed by atoms with Gasteiger partial charge in [-0.1, -0.05) is 11.8 Å². The molecule has 1 heterocycles. The summed E-state index contributed by atoms with van der Waals surface area (Å²) in [6.07, 6.45) is 0. The van der Waals surface area contributed by atoms with E-state index in [-0.39, 0.29) is 5.69 Å². The van der Waals surface area contributed by atoms with Crippen molar-refractivity contribution in [1.82, 2.24) is 4.98 Å². The molecule has 0 aliphatic carbocycles. The number of hydrogen-bond acceptors (Lipinski definition) is 6. The molecule has 0 spiro atoms. The number of nitrogens with zero attached hydrogens (tertiary/aromatic N) is 2. The number of hydrogen-bond donors (Lipinski definition) is 1. The number of nitro benzene ring substituents is 1. The van der Waals surface area contributed by atoms with Gasteiger partial charge in [-0.05, 0) is 25.5 Å². The maximum absolute atomic E-state index is 10.7. The van der Waals surface area contributed by atoms with E-state index in [9.17, 15) is 10.1 Å². The molecule has 0 bridgehead atoms. The van der Waals surface area contributed by atoms with Gasteiger partial charge in [0.25, 0.3) is 10.9 Å². The quantitative estimate of drug-likeness (QED) is 0.400. The van der Waals surface area contributed by atoms with Crippen molar-refractivity contribution in [2.24, 2.45) is 0 Å². The van der Waals surface area contributed by atoms with Crippen LogP contribution in [0.2, 0.25) is 0 Å². The molecule has 2 aromatic rings. The van der Waals surface area contributed by atoms with Crippen molar-refractivity contribution in [3.8, 4) is 0 Å². The highest BCUT2D eigenvalue weighted by molar-refractivity contribution is 7.98. The van der Waals surface area contributed by atoms with Gasteiger partial charge in [-0.2, -0.15) is 0 Å². The smallest absolute Gasteiger partial charge is 0.269 e. The third-order valence-corrected chi connectivity index (χ3v) is 3.57. The summed E-state index contributed by atoms with van der Waals surface area (Å²) < 4.78 is 5.43. The topological polar surface area (TPSA) is 95.2 Å². The van der Waals surface area contributed by atoms with Crippen LogP contribution in [-0.4, -0.2) is 9.91 Å². The number of aryl methyl sites for hydroxylation is 2. The van der Waals surface area contributed by atoms with E-state index >= 15 is 0 Å². The number of nitro groups is 1. The molecule has 1 aromatic heterocycles. The Bertz CT molecular complexity index is 605. The second kappa shape index (κ2) is 5.31. The van der Waals surface area contributed by atoms with Gasteiger partial charge in [0.05, 0.1) is 10.6 Å². The molecule has 7 heteroatoms. The zero-order valence-corrected chi connectivity index (χ0v) is 11.4. The van der Waals surface area contributed by atoms with Gasteiger partial charge in [-0.3, -0.25) is 10.1 Å². The average Bonchev–Trinajstić information content (AvgIpc) is 2.67. The first-order valence-corrected chi connectivity index (χ1v) is 6.55. The average molecular weight is 279 g/mol. The standard InChI is InChI=1S/C12H13N3O3S/c1-7-8(2)18-12(14-7)19-6-9-5-10(15(16)17)3-4-11(9)13/h3-5H,6,13H2,1-2H3. The molecule has 0 atom stereocenters. The van der Waals surface area contributed by atoms with Crippen molar-refractivity contribution in [1.29, 1.82) is 0 Å². The van der Waals surface area contributed by atoms with E-state index in [1.54, 1.807) is 6.07 Å². The zero-order chi connectivity index (χ0) is 14.0. The number of aromatic nitrogens is 1. The van der Waals surface area contributed by atoms with Gasteiger partial charge >= 0.3 is 0 Å². The molecule has 1 aromatic carbocycles. The fourth-order valence-corrected chi connectivity index (χ4v) is 2.39. The molecule has 100 valence electrons. The van der Waals surface area contributed by atoms with Crippen LogP contribution < -0.4 is 5.73 Å². The van der Waals surface area contributed by atoms with E-state index in [1.807, 2.05) is 13.8 Å². The number of rotatable bonds is 4. The van der Waals surface area contributed by atoms with Gasteiger partial charge in [0.15, 0.2) is 0 Å². The summed E-state index contributed by atoms with van der Waals surface area (Å²) in [4.78, 5) is 14.5. The Kier molecular flexibility index (Phi) is 3.75. The Labute approximate surface area is 114 Å². The highest BCUT2D eigenvalue weighted by atomic mass is 32.2. The number of oxazole rings is 1. The van der Waals surface area contributed by atoms with Crippen LogP contribution in [0.3, 0.4) is 0 Å². The maximum Gasteiger partial charge on any atom is 0.269 e. The predicted octanol–water partition coefficient (Wildman–Crippen LogP) is 3.07. The summed E-state index contributed by atoms with van der Waals surface area (Å²) in [6.45, 7) is 3.71. The van der Waals surface area contributed by atoms with Crippen LogP contribution in [0.25, 0.3) is 0 Å². The number of benzene rings is 1. The first-order chi connectivity index (χ1) is 8.97. The summed E-state index contributed by atoms with van der Waals surface area (Å²) in [5.41, 5.74) is 7.90. The highest BCUT2D eigenvalue weighted by Gasteiger charge is 2.11. The summed E-state index contributed by atoms with van der Waals surface area (Å²) in [5, 5.41) is 11.3. The lowest BCUT2D eigenvalue weighted by Gasteiger charge is -2.03. The van der Waals surface area contributed by atoms with Crippen LogP contribution in [0, 0.1) is 24.0 Å². The van der Waals surface area contributed by atoms with Crippen molar-refractivity contribution in [3.05, 3.63) is 45.3 Å². The first kappa shape index (κ1) is 13.4. The van der Waals surface area contributed by atoms with E-state index in [4.69, 9.17) is 10.2 Å². The van der Waals surface area contributed by atoms with E-state index < -0.39 is 4.92 Å². The monoisotopic (exact) mass is 279 g/mol. The molecule has 0 aliphatic rings. The van der Waals surface area contributed by atoms with Crippen LogP contribution in [0.5, 0.6) is 0 Å². The second-order valence-corrected chi connectivity index (χ2v) is 4.98. The SMILES string of the molecule is Cc1nc(SCc2cc([N+](=O)[O-])ccc2N)oc1C. The van der Waals surface area contributed by atoms with Crippen molar-refractivity contribution in [2.75, 3.05) is 5.73 Å². The van der Waals surface area contributed by atoms with Gasteiger partial charge in [0.1, 0.15) is 5.76 Å². The number of anilines is 1. The molecule has 2 N–H and O–H groups in total. The molecular formula is C12H13N3O3S. The van der Waals surface area contributed by atoms with Crippen LogP contribution in [0.15, 0.2) is 27.8 Å². The fraction of sp³-hybridized carbons (Fsp3) is 0.250. The molecular weight excluding hydrogens is 266 g/mol. The van der Waals surface area contributed by atoms with Gasteiger partial charge in [-0.15, -0.1) is 0 Å². The van der Waals surface area contributed by atoms with Gasteiger partial charge in [-0.25, -0.2) is 4.98 Å². The summed E-state index contributed by atoms with van der Waals surface area (Å²) in [7, 11) is 0. The molecule has 0 amide bonds. The van der Waals surface area contributed by atoms with Crippen LogP contribution in [0.4, 0.5) is 11.4 Å². The molecule has 0 fully saturated rings. The minimum absolute atomic E-state index is 0.0320. The Morgan fingerprint density at radius 3 is 2.79 bits per heavy atom. The minimum Gasteiger partial charge on any atom is -0.437 e. The van der Waals surface area contributed by atoms with Crippen LogP contribution in [-0.2, 0) is 5.75 Å². The van der Waals surface area contributed by atoms with Gasteiger partial charge in [0.2, 0.25) is 0 Å². The molecule has 19 heavy (non-hydrogen) atoms. The molecule has 0 radical (unpaired) electrons. The van der Waals surface area contributed by atoms with Gasteiger partial charge in [0, 0.05) is 23.6 Å². The van der Waals surface area contributed by atoms with E-state index in [2.05, 4.69) is 4.98 Å². The molecule has 0 saturated heterocycles. The lowest BCUT2D eigenvalue weighted by atomic mass is 10.2. The number of nitrogens with two attached hydrogens (primary N) is 1. The Balaban J connectivity index is 2.14. The molecule has 0 saturated carbocycles. The highest BCUT2D eigenvalue weighted by Crippen LogP contribution is 2.28. The third kappa shape index (κ3) is 3.05. The fourth-order valence-electron chi connectivity index (χ4n) is 1.48. The second-order valence-electron chi connectivity index (χ2n) is 4.05. The number of nitrogen functional groups attached to an aromatic ring is 1. The summed E-state index contributed by atoms with van der Waals surface area (Å²) >= 11 is 1.36. The largest absolute Gasteiger partial charge is 0.437 e. The molecule has 6 nitrogen and oxygen atoms in total. The third-order valence-electron chi connectivity index (χ3n) is 2.70. The number of non-ortho nitro benzene ring substituents is 1. The van der Waals surface area contributed by atoms with E-state index in [0.717, 1.165) is 11.5 Å². The lowest BCUT2D eigenvalue weighted by molar-refractivity contribution is -0.384. The van der Waals surface area contributed by atoms with Crippen LogP contribution in [0.1, 0.15) is 17.0 Å². The normalized spacial score (nSPS) is 10.6. The van der Waals surface area contributed by atoms with Crippen molar-refractivity contribution >= 4 is 23.1 Å². The lowest BCUT2D eigenvalue weighted by Crippen LogP contribution is -1.95. The van der Waals surface area contributed by atoms with E-state index in [0.29, 0.717) is 22.2 Å².